The molecule has 0 spiro atoms. The monoisotopic (exact) mass is 268 g/mol. The third-order valence-electron chi connectivity index (χ3n) is 3.15. The van der Waals surface area contributed by atoms with Crippen molar-refractivity contribution in [2.24, 2.45) is 0 Å². The van der Waals surface area contributed by atoms with Gasteiger partial charge in [0, 0.05) is 22.6 Å². The van der Waals surface area contributed by atoms with Crippen LogP contribution in [0.4, 0.5) is 0 Å². The zero-order valence-corrected chi connectivity index (χ0v) is 10.5. The third kappa shape index (κ3) is 1.85. The average Bonchev–Trinajstić information content (AvgIpc) is 2.28. The predicted octanol–water partition coefficient (Wildman–Crippen LogP) is 3.89. The minimum absolute atomic E-state index is 0.137. The summed E-state index contributed by atoms with van der Waals surface area (Å²) in [5, 5.41) is 1.05. The van der Waals surface area contributed by atoms with Gasteiger partial charge in [0.25, 0.3) is 0 Å². The first-order valence-electron chi connectivity index (χ1n) is 5.55. The van der Waals surface area contributed by atoms with Crippen molar-refractivity contribution < 1.29 is 9.53 Å². The topological polar surface area (TPSA) is 26.3 Å². The van der Waals surface area contributed by atoms with Gasteiger partial charge in [0.1, 0.15) is 11.9 Å². The van der Waals surface area contributed by atoms with Crippen LogP contribution in [-0.4, -0.2) is 11.9 Å². The SMILES string of the molecule is O=C1CCC[C@H]2Oc3c(Cl)cc(Cl)cc3C=C12. The van der Waals surface area contributed by atoms with Gasteiger partial charge in [-0.15, -0.1) is 0 Å². The van der Waals surface area contributed by atoms with Crippen LogP contribution in [0.2, 0.25) is 10.0 Å². The lowest BCUT2D eigenvalue weighted by atomic mass is 9.87. The van der Waals surface area contributed by atoms with Crippen LogP contribution in [0.1, 0.15) is 24.8 Å². The molecule has 2 nitrogen and oxygen atoms in total. The molecule has 0 radical (unpaired) electrons. The number of rotatable bonds is 0. The number of ether oxygens (including phenoxy) is 1. The standard InChI is InChI=1S/C13H10Cl2O2/c14-8-4-7-5-9-11(16)2-1-3-12(9)17-13(7)10(15)6-8/h4-6,12H,1-3H2/t12-/m1/s1. The van der Waals surface area contributed by atoms with Crippen molar-refractivity contribution in [3.05, 3.63) is 33.3 Å². The van der Waals surface area contributed by atoms with E-state index in [1.54, 1.807) is 12.1 Å². The molecular weight excluding hydrogens is 259 g/mol. The first kappa shape index (κ1) is 11.1. The van der Waals surface area contributed by atoms with Crippen LogP contribution in [0.5, 0.6) is 5.75 Å². The smallest absolute Gasteiger partial charge is 0.162 e. The van der Waals surface area contributed by atoms with Crippen molar-refractivity contribution in [3.63, 3.8) is 0 Å². The predicted molar refractivity (Wildman–Crippen MR) is 67.7 cm³/mol. The Morgan fingerprint density at radius 1 is 1.29 bits per heavy atom. The summed E-state index contributed by atoms with van der Waals surface area (Å²) in [4.78, 5) is 11.8. The highest BCUT2D eigenvalue weighted by Gasteiger charge is 2.31. The zero-order valence-electron chi connectivity index (χ0n) is 9.00. The average molecular weight is 269 g/mol. The number of carbonyl (C=O) groups excluding carboxylic acids is 1. The normalized spacial score (nSPS) is 22.4. The molecule has 0 unspecified atom stereocenters. The molecule has 1 aromatic rings. The van der Waals surface area contributed by atoms with Gasteiger partial charge in [0.15, 0.2) is 5.78 Å². The minimum Gasteiger partial charge on any atom is -0.483 e. The van der Waals surface area contributed by atoms with Gasteiger partial charge in [0.2, 0.25) is 0 Å². The third-order valence-corrected chi connectivity index (χ3v) is 3.65. The van der Waals surface area contributed by atoms with E-state index in [-0.39, 0.29) is 11.9 Å². The molecule has 3 rings (SSSR count). The Bertz CT molecular complexity index is 534. The summed E-state index contributed by atoms with van der Waals surface area (Å²) in [5.41, 5.74) is 1.55. The second-order valence-corrected chi connectivity index (χ2v) is 5.17. The van der Waals surface area contributed by atoms with Gasteiger partial charge in [-0.3, -0.25) is 4.79 Å². The van der Waals surface area contributed by atoms with E-state index < -0.39 is 0 Å². The van der Waals surface area contributed by atoms with Crippen LogP contribution in [0.15, 0.2) is 17.7 Å². The van der Waals surface area contributed by atoms with Crippen LogP contribution in [0, 0.1) is 0 Å². The lowest BCUT2D eigenvalue weighted by Gasteiger charge is -2.30. The molecule has 1 heterocycles. The summed E-state index contributed by atoms with van der Waals surface area (Å²) >= 11 is 12.0. The lowest BCUT2D eigenvalue weighted by Crippen LogP contribution is -2.31. The molecule has 88 valence electrons. The maximum absolute atomic E-state index is 11.8. The Labute approximate surface area is 109 Å². The van der Waals surface area contributed by atoms with E-state index in [0.717, 1.165) is 24.0 Å². The van der Waals surface area contributed by atoms with Crippen molar-refractivity contribution in [1.82, 2.24) is 0 Å². The van der Waals surface area contributed by atoms with E-state index in [1.807, 2.05) is 6.08 Å². The van der Waals surface area contributed by atoms with Crippen molar-refractivity contribution in [3.8, 4) is 5.75 Å². The van der Waals surface area contributed by atoms with Crippen LogP contribution in [0.3, 0.4) is 0 Å². The first-order chi connectivity index (χ1) is 8.15. The molecule has 0 aromatic heterocycles. The summed E-state index contributed by atoms with van der Waals surface area (Å²) in [7, 11) is 0. The largest absolute Gasteiger partial charge is 0.483 e. The molecule has 0 saturated heterocycles. The Balaban J connectivity index is 2.14. The Morgan fingerprint density at radius 3 is 2.94 bits per heavy atom. The van der Waals surface area contributed by atoms with Gasteiger partial charge in [-0.05, 0) is 31.1 Å². The maximum Gasteiger partial charge on any atom is 0.162 e. The van der Waals surface area contributed by atoms with Gasteiger partial charge < -0.3 is 4.74 Å². The van der Waals surface area contributed by atoms with E-state index >= 15 is 0 Å². The number of benzene rings is 1. The lowest BCUT2D eigenvalue weighted by molar-refractivity contribution is -0.117. The highest BCUT2D eigenvalue weighted by molar-refractivity contribution is 6.36. The van der Waals surface area contributed by atoms with Crippen molar-refractivity contribution in [1.29, 1.82) is 0 Å². The molecule has 17 heavy (non-hydrogen) atoms. The molecule has 1 fully saturated rings. The molecular formula is C13H10Cl2O2. The molecule has 2 aliphatic rings. The zero-order chi connectivity index (χ0) is 12.0. The van der Waals surface area contributed by atoms with E-state index in [0.29, 0.717) is 22.2 Å². The van der Waals surface area contributed by atoms with Gasteiger partial charge in [-0.25, -0.2) is 0 Å². The van der Waals surface area contributed by atoms with Crippen LogP contribution in [-0.2, 0) is 4.79 Å². The van der Waals surface area contributed by atoms with Crippen LogP contribution >= 0.6 is 23.2 Å². The van der Waals surface area contributed by atoms with Crippen molar-refractivity contribution >= 4 is 35.1 Å². The number of fused-ring (bicyclic) bond motifs is 2. The van der Waals surface area contributed by atoms with Gasteiger partial charge in [0.05, 0.1) is 5.02 Å². The van der Waals surface area contributed by atoms with E-state index in [2.05, 4.69) is 0 Å². The Hall–Kier alpha value is -0.990. The number of Topliss-reactive ketones (excluding diaryl/α,β-unsaturated/α-hetero) is 1. The Morgan fingerprint density at radius 2 is 2.12 bits per heavy atom. The maximum atomic E-state index is 11.8. The highest BCUT2D eigenvalue weighted by atomic mass is 35.5. The summed E-state index contributed by atoms with van der Waals surface area (Å²) in [6.45, 7) is 0. The summed E-state index contributed by atoms with van der Waals surface area (Å²) in [6, 6.07) is 3.43. The number of halogens is 2. The molecule has 0 N–H and O–H groups in total. The minimum atomic E-state index is -0.137. The highest BCUT2D eigenvalue weighted by Crippen LogP contribution is 2.40. The summed E-state index contributed by atoms with van der Waals surface area (Å²) in [6.07, 6.45) is 4.08. The van der Waals surface area contributed by atoms with Gasteiger partial charge in [-0.2, -0.15) is 0 Å². The summed E-state index contributed by atoms with van der Waals surface area (Å²) in [5.74, 6) is 0.808. The second kappa shape index (κ2) is 4.04. The fraction of sp³-hybridized carbons (Fsp3) is 0.308. The second-order valence-electron chi connectivity index (χ2n) is 4.33. The molecule has 1 saturated carbocycles. The fourth-order valence-corrected chi connectivity index (χ4v) is 2.90. The first-order valence-corrected chi connectivity index (χ1v) is 6.31. The van der Waals surface area contributed by atoms with Gasteiger partial charge >= 0.3 is 0 Å². The number of carbonyl (C=O) groups is 1. The molecule has 1 aliphatic heterocycles. The molecule has 0 amide bonds. The molecule has 1 aliphatic carbocycles. The Kier molecular flexibility index (Phi) is 2.64. The summed E-state index contributed by atoms with van der Waals surface area (Å²) < 4.78 is 5.81. The van der Waals surface area contributed by atoms with Crippen LogP contribution < -0.4 is 4.74 Å². The van der Waals surface area contributed by atoms with Gasteiger partial charge in [-0.1, -0.05) is 23.2 Å². The van der Waals surface area contributed by atoms with E-state index in [1.165, 1.54) is 0 Å². The molecule has 1 aromatic carbocycles. The van der Waals surface area contributed by atoms with Crippen molar-refractivity contribution in [2.45, 2.75) is 25.4 Å². The number of hydrogen-bond donors (Lipinski definition) is 0. The molecule has 1 atom stereocenters. The van der Waals surface area contributed by atoms with Crippen molar-refractivity contribution in [2.75, 3.05) is 0 Å². The molecule has 4 heteroatoms. The quantitative estimate of drug-likeness (QED) is 0.714. The van der Waals surface area contributed by atoms with E-state index in [4.69, 9.17) is 27.9 Å². The van der Waals surface area contributed by atoms with E-state index in [9.17, 15) is 4.79 Å². The number of ketones is 1. The molecule has 0 bridgehead atoms. The van der Waals surface area contributed by atoms with Crippen LogP contribution in [0.25, 0.3) is 6.08 Å². The fourth-order valence-electron chi connectivity index (χ4n) is 2.34. The number of hydrogen-bond acceptors (Lipinski definition) is 2.